The first kappa shape index (κ1) is 15.0. The predicted molar refractivity (Wildman–Crippen MR) is 81.7 cm³/mol. The molecule has 0 unspecified atom stereocenters. The summed E-state index contributed by atoms with van der Waals surface area (Å²) in [5, 5.41) is 6.61. The Morgan fingerprint density at radius 3 is 2.67 bits per heavy atom. The quantitative estimate of drug-likeness (QED) is 0.903. The van der Waals surface area contributed by atoms with E-state index in [1.807, 2.05) is 26.8 Å². The summed E-state index contributed by atoms with van der Waals surface area (Å²) in [5.41, 5.74) is 7.98. The van der Waals surface area contributed by atoms with Crippen LogP contribution in [0.3, 0.4) is 0 Å². The van der Waals surface area contributed by atoms with Crippen LogP contribution in [0.15, 0.2) is 24.5 Å². The molecule has 6 heteroatoms. The molecular formula is C15H21N5O. The topological polar surface area (TPSA) is 87.9 Å². The average Bonchev–Trinajstić information content (AvgIpc) is 2.88. The lowest BCUT2D eigenvalue weighted by Gasteiger charge is -2.21. The lowest BCUT2D eigenvalue weighted by molar-refractivity contribution is 0.0785. The van der Waals surface area contributed by atoms with Gasteiger partial charge in [0.05, 0.1) is 6.20 Å². The monoisotopic (exact) mass is 287 g/mol. The minimum Gasteiger partial charge on any atom is -0.384 e. The van der Waals surface area contributed by atoms with Crippen LogP contribution in [0.5, 0.6) is 0 Å². The lowest BCUT2D eigenvalue weighted by Crippen LogP contribution is -2.27. The van der Waals surface area contributed by atoms with Gasteiger partial charge in [0.25, 0.3) is 5.91 Å². The second-order valence-electron chi connectivity index (χ2n) is 6.18. The first-order chi connectivity index (χ1) is 9.77. The minimum atomic E-state index is -0.159. The fourth-order valence-corrected chi connectivity index (χ4v) is 1.99. The summed E-state index contributed by atoms with van der Waals surface area (Å²) in [6.45, 7) is 6.61. The number of hydrogen-bond acceptors (Lipinski definition) is 4. The van der Waals surface area contributed by atoms with Crippen molar-refractivity contribution < 1.29 is 4.79 Å². The summed E-state index contributed by atoms with van der Waals surface area (Å²) < 4.78 is 0. The number of nitrogens with zero attached hydrogens (tertiary/aromatic N) is 3. The van der Waals surface area contributed by atoms with Gasteiger partial charge in [-0.1, -0.05) is 20.8 Å². The number of hydrogen-bond donors (Lipinski definition) is 2. The molecule has 0 atom stereocenters. The van der Waals surface area contributed by atoms with Gasteiger partial charge in [0.2, 0.25) is 0 Å². The number of aromatic nitrogens is 3. The van der Waals surface area contributed by atoms with Crippen LogP contribution >= 0.6 is 0 Å². The van der Waals surface area contributed by atoms with E-state index in [0.717, 1.165) is 11.3 Å². The van der Waals surface area contributed by atoms with Crippen molar-refractivity contribution in [2.24, 2.45) is 0 Å². The standard InChI is InChI=1S/C15H21N5O/c1-15(2,3)12-5-11(6-13(16)19-12)14(21)20(4)9-10-7-17-18-8-10/h5-8H,9H2,1-4H3,(H2,16,19)(H,17,18). The summed E-state index contributed by atoms with van der Waals surface area (Å²) >= 11 is 0. The van der Waals surface area contributed by atoms with Gasteiger partial charge in [-0.2, -0.15) is 5.10 Å². The van der Waals surface area contributed by atoms with Crippen LogP contribution in [0.2, 0.25) is 0 Å². The van der Waals surface area contributed by atoms with Gasteiger partial charge in [-0.25, -0.2) is 4.98 Å². The molecule has 2 aromatic rings. The fraction of sp³-hybridized carbons (Fsp3) is 0.400. The number of H-pyrrole nitrogens is 1. The third kappa shape index (κ3) is 3.59. The van der Waals surface area contributed by atoms with Gasteiger partial charge >= 0.3 is 0 Å². The fourth-order valence-electron chi connectivity index (χ4n) is 1.99. The highest BCUT2D eigenvalue weighted by molar-refractivity contribution is 5.94. The molecule has 112 valence electrons. The van der Waals surface area contributed by atoms with Crippen LogP contribution in [0.25, 0.3) is 0 Å². The highest BCUT2D eigenvalue weighted by Crippen LogP contribution is 2.23. The van der Waals surface area contributed by atoms with Crippen molar-refractivity contribution in [3.05, 3.63) is 41.3 Å². The SMILES string of the molecule is CN(Cc1cn[nH]c1)C(=O)c1cc(N)nc(C(C)(C)C)c1. The number of anilines is 1. The number of carbonyl (C=O) groups is 1. The zero-order valence-corrected chi connectivity index (χ0v) is 12.8. The molecule has 0 aliphatic carbocycles. The molecule has 0 spiro atoms. The summed E-state index contributed by atoms with van der Waals surface area (Å²) in [5.74, 6) is 0.276. The van der Waals surface area contributed by atoms with E-state index < -0.39 is 0 Å². The molecule has 0 saturated carbocycles. The van der Waals surface area contributed by atoms with Gasteiger partial charge in [-0.3, -0.25) is 9.89 Å². The van der Waals surface area contributed by atoms with Crippen molar-refractivity contribution in [2.45, 2.75) is 32.7 Å². The predicted octanol–water partition coefficient (Wildman–Crippen LogP) is 1.96. The zero-order valence-electron chi connectivity index (χ0n) is 12.8. The minimum absolute atomic E-state index is 0.0872. The van der Waals surface area contributed by atoms with Gasteiger partial charge in [-0.15, -0.1) is 0 Å². The van der Waals surface area contributed by atoms with E-state index in [2.05, 4.69) is 15.2 Å². The highest BCUT2D eigenvalue weighted by Gasteiger charge is 2.20. The maximum absolute atomic E-state index is 12.5. The Morgan fingerprint density at radius 2 is 2.10 bits per heavy atom. The van der Waals surface area contributed by atoms with Gasteiger partial charge < -0.3 is 10.6 Å². The molecule has 0 aliphatic rings. The van der Waals surface area contributed by atoms with Crippen LogP contribution in [-0.2, 0) is 12.0 Å². The number of nitrogen functional groups attached to an aromatic ring is 1. The summed E-state index contributed by atoms with van der Waals surface area (Å²) in [6, 6.07) is 3.42. The molecule has 6 nitrogen and oxygen atoms in total. The van der Waals surface area contributed by atoms with Gasteiger partial charge in [0.1, 0.15) is 5.82 Å². The number of pyridine rings is 1. The number of amides is 1. The first-order valence-corrected chi connectivity index (χ1v) is 6.78. The third-order valence-electron chi connectivity index (χ3n) is 3.18. The van der Waals surface area contributed by atoms with Crippen LogP contribution in [0, 0.1) is 0 Å². The molecule has 0 bridgehead atoms. The van der Waals surface area contributed by atoms with Crippen LogP contribution in [0.1, 0.15) is 42.4 Å². The summed E-state index contributed by atoms with van der Waals surface area (Å²) in [7, 11) is 1.75. The van der Waals surface area contributed by atoms with Crippen molar-refractivity contribution in [3.8, 4) is 0 Å². The Kier molecular flexibility index (Phi) is 3.97. The number of rotatable bonds is 3. The first-order valence-electron chi connectivity index (χ1n) is 6.78. The Labute approximate surface area is 124 Å². The number of nitrogens with two attached hydrogens (primary N) is 1. The smallest absolute Gasteiger partial charge is 0.254 e. The largest absolute Gasteiger partial charge is 0.384 e. The molecule has 1 amide bonds. The number of aromatic amines is 1. The molecule has 2 heterocycles. The van der Waals surface area contributed by atoms with E-state index in [4.69, 9.17) is 5.73 Å². The molecule has 0 aromatic carbocycles. The molecule has 2 aromatic heterocycles. The summed E-state index contributed by atoms with van der Waals surface area (Å²) in [6.07, 6.45) is 3.47. The second kappa shape index (κ2) is 5.55. The van der Waals surface area contributed by atoms with E-state index in [9.17, 15) is 4.79 Å². The molecule has 0 fully saturated rings. The normalized spacial score (nSPS) is 11.4. The molecule has 0 aliphatic heterocycles. The molecule has 2 rings (SSSR count). The van der Waals surface area contributed by atoms with E-state index in [0.29, 0.717) is 17.9 Å². The lowest BCUT2D eigenvalue weighted by atomic mass is 9.90. The molecule has 3 N–H and O–H groups in total. The van der Waals surface area contributed by atoms with Crippen LogP contribution in [-0.4, -0.2) is 33.0 Å². The van der Waals surface area contributed by atoms with Crippen LogP contribution in [0.4, 0.5) is 5.82 Å². The maximum Gasteiger partial charge on any atom is 0.254 e. The number of nitrogens with one attached hydrogen (secondary N) is 1. The van der Waals surface area contributed by atoms with Crippen molar-refractivity contribution in [3.63, 3.8) is 0 Å². The Morgan fingerprint density at radius 1 is 1.38 bits per heavy atom. The Balaban J connectivity index is 2.24. The van der Waals surface area contributed by atoms with Crippen molar-refractivity contribution in [2.75, 3.05) is 12.8 Å². The third-order valence-corrected chi connectivity index (χ3v) is 3.18. The van der Waals surface area contributed by atoms with E-state index in [1.165, 1.54) is 0 Å². The molecule has 0 radical (unpaired) electrons. The van der Waals surface area contributed by atoms with Crippen LogP contribution < -0.4 is 5.73 Å². The second-order valence-corrected chi connectivity index (χ2v) is 6.18. The Hall–Kier alpha value is -2.37. The van der Waals surface area contributed by atoms with Gasteiger partial charge in [0, 0.05) is 42.0 Å². The van der Waals surface area contributed by atoms with E-state index in [1.54, 1.807) is 30.4 Å². The zero-order chi connectivity index (χ0) is 15.6. The maximum atomic E-state index is 12.5. The Bertz CT molecular complexity index is 628. The van der Waals surface area contributed by atoms with E-state index in [-0.39, 0.29) is 11.3 Å². The summed E-state index contributed by atoms with van der Waals surface area (Å²) in [4.78, 5) is 18.5. The number of carbonyl (C=O) groups excluding carboxylic acids is 1. The van der Waals surface area contributed by atoms with Gasteiger partial charge in [0.15, 0.2) is 0 Å². The van der Waals surface area contributed by atoms with Crippen molar-refractivity contribution in [1.29, 1.82) is 0 Å². The highest BCUT2D eigenvalue weighted by atomic mass is 16.2. The van der Waals surface area contributed by atoms with Crippen molar-refractivity contribution >= 4 is 11.7 Å². The van der Waals surface area contributed by atoms with Gasteiger partial charge in [-0.05, 0) is 12.1 Å². The van der Waals surface area contributed by atoms with E-state index >= 15 is 0 Å². The molecular weight excluding hydrogens is 266 g/mol. The molecule has 0 saturated heterocycles. The molecule has 21 heavy (non-hydrogen) atoms. The average molecular weight is 287 g/mol. The van der Waals surface area contributed by atoms with Crippen molar-refractivity contribution in [1.82, 2.24) is 20.1 Å².